The van der Waals surface area contributed by atoms with Crippen LogP contribution in [-0.4, -0.2) is 18.2 Å². The fraction of sp³-hybridized carbons (Fsp3) is 0.208. The third kappa shape index (κ3) is 6.61. The van der Waals surface area contributed by atoms with E-state index in [2.05, 4.69) is 47.8 Å². The first-order valence-corrected chi connectivity index (χ1v) is 10.5. The highest BCUT2D eigenvalue weighted by molar-refractivity contribution is 7.98. The number of hydrogen-bond acceptors (Lipinski definition) is 2. The number of nitrogens with one attached hydrogen (secondary N) is 1. The zero-order valence-electron chi connectivity index (χ0n) is 15.4. The molecule has 0 spiro atoms. The van der Waals surface area contributed by atoms with Crippen LogP contribution in [0.1, 0.15) is 27.0 Å². The van der Waals surface area contributed by atoms with Crippen molar-refractivity contribution in [1.82, 2.24) is 5.32 Å². The number of carbonyl (C=O) groups is 1. The molecule has 3 aromatic carbocycles. The van der Waals surface area contributed by atoms with Crippen LogP contribution in [0.5, 0.6) is 0 Å². The summed E-state index contributed by atoms with van der Waals surface area (Å²) >= 11 is 1.91. The summed E-state index contributed by atoms with van der Waals surface area (Å²) in [7, 11) is 0. The van der Waals surface area contributed by atoms with E-state index in [-0.39, 0.29) is 5.91 Å². The lowest BCUT2D eigenvalue weighted by Crippen LogP contribution is -2.25. The van der Waals surface area contributed by atoms with E-state index in [0.717, 1.165) is 29.9 Å². The molecule has 0 aliphatic rings. The maximum absolute atomic E-state index is 12.4. The second-order valence-corrected chi connectivity index (χ2v) is 7.59. The monoisotopic (exact) mass is 375 g/mol. The van der Waals surface area contributed by atoms with E-state index in [0.29, 0.717) is 6.54 Å². The summed E-state index contributed by atoms with van der Waals surface area (Å²) in [5, 5.41) is 3.02. The summed E-state index contributed by atoms with van der Waals surface area (Å²) in [5.41, 5.74) is 4.55. The maximum Gasteiger partial charge on any atom is 0.251 e. The van der Waals surface area contributed by atoms with E-state index in [1.807, 2.05) is 54.2 Å². The molecule has 0 aromatic heterocycles. The van der Waals surface area contributed by atoms with E-state index in [4.69, 9.17) is 0 Å². The minimum absolute atomic E-state index is 0.00191. The van der Waals surface area contributed by atoms with Crippen LogP contribution in [0.15, 0.2) is 84.9 Å². The summed E-state index contributed by atoms with van der Waals surface area (Å²) in [4.78, 5) is 12.4. The van der Waals surface area contributed by atoms with Gasteiger partial charge < -0.3 is 5.32 Å². The van der Waals surface area contributed by atoms with Gasteiger partial charge in [-0.1, -0.05) is 72.8 Å². The van der Waals surface area contributed by atoms with Gasteiger partial charge in [0.2, 0.25) is 0 Å². The number of carbonyl (C=O) groups excluding carboxylic acids is 1. The van der Waals surface area contributed by atoms with Gasteiger partial charge in [-0.3, -0.25) is 4.79 Å². The topological polar surface area (TPSA) is 29.1 Å². The Balaban J connectivity index is 1.42. The van der Waals surface area contributed by atoms with Crippen LogP contribution >= 0.6 is 11.8 Å². The Morgan fingerprint density at radius 3 is 2.07 bits per heavy atom. The Hall–Kier alpha value is -2.52. The van der Waals surface area contributed by atoms with Crippen LogP contribution in [0.25, 0.3) is 0 Å². The van der Waals surface area contributed by atoms with Crippen molar-refractivity contribution >= 4 is 17.7 Å². The van der Waals surface area contributed by atoms with Crippen LogP contribution in [0.4, 0.5) is 0 Å². The third-order valence-corrected chi connectivity index (χ3v) is 5.41. The minimum atomic E-state index is 0.00191. The molecule has 0 aliphatic carbocycles. The number of thioether (sulfide) groups is 1. The highest BCUT2D eigenvalue weighted by atomic mass is 32.2. The summed E-state index contributed by atoms with van der Waals surface area (Å²) in [5.74, 6) is 2.01. The zero-order valence-corrected chi connectivity index (χ0v) is 16.3. The first-order valence-electron chi connectivity index (χ1n) is 9.34. The fourth-order valence-corrected chi connectivity index (χ4v) is 3.83. The Morgan fingerprint density at radius 1 is 0.741 bits per heavy atom. The maximum atomic E-state index is 12.4. The lowest BCUT2D eigenvalue weighted by atomic mass is 10.1. The summed E-state index contributed by atoms with van der Waals surface area (Å²) in [6, 6.07) is 28.7. The Labute approximate surface area is 166 Å². The van der Waals surface area contributed by atoms with Gasteiger partial charge in [-0.05, 0) is 47.4 Å². The zero-order chi connectivity index (χ0) is 18.7. The van der Waals surface area contributed by atoms with Crippen molar-refractivity contribution < 1.29 is 4.79 Å². The van der Waals surface area contributed by atoms with E-state index in [1.165, 1.54) is 16.7 Å². The number of amides is 1. The first kappa shape index (κ1) is 19.2. The van der Waals surface area contributed by atoms with E-state index in [9.17, 15) is 4.79 Å². The Bertz CT molecular complexity index is 833. The Kier molecular flexibility index (Phi) is 7.55. The van der Waals surface area contributed by atoms with Crippen molar-refractivity contribution in [2.75, 3.05) is 12.3 Å². The van der Waals surface area contributed by atoms with E-state index < -0.39 is 0 Å². The highest BCUT2D eigenvalue weighted by Crippen LogP contribution is 2.15. The molecule has 0 heterocycles. The molecule has 27 heavy (non-hydrogen) atoms. The molecule has 3 aromatic rings. The van der Waals surface area contributed by atoms with Crippen molar-refractivity contribution in [2.45, 2.75) is 18.6 Å². The van der Waals surface area contributed by atoms with Gasteiger partial charge in [0.25, 0.3) is 5.91 Å². The van der Waals surface area contributed by atoms with Gasteiger partial charge in [0.05, 0.1) is 0 Å². The predicted octanol–water partition coefficient (Wildman–Crippen LogP) is 5.14. The molecule has 0 saturated carbocycles. The minimum Gasteiger partial charge on any atom is -0.352 e. The van der Waals surface area contributed by atoms with Gasteiger partial charge in [0.1, 0.15) is 0 Å². The summed E-state index contributed by atoms with van der Waals surface area (Å²) < 4.78 is 0. The molecule has 0 radical (unpaired) electrons. The molecule has 2 nitrogen and oxygen atoms in total. The van der Waals surface area contributed by atoms with Crippen LogP contribution in [0, 0.1) is 0 Å². The molecule has 1 N–H and O–H groups in total. The van der Waals surface area contributed by atoms with Crippen molar-refractivity contribution in [3.63, 3.8) is 0 Å². The molecule has 0 bridgehead atoms. The van der Waals surface area contributed by atoms with Gasteiger partial charge >= 0.3 is 0 Å². The number of rotatable bonds is 9. The van der Waals surface area contributed by atoms with Gasteiger partial charge in [0, 0.05) is 17.9 Å². The molecular weight excluding hydrogens is 350 g/mol. The van der Waals surface area contributed by atoms with Crippen LogP contribution in [-0.2, 0) is 18.6 Å². The van der Waals surface area contributed by atoms with Gasteiger partial charge in [-0.25, -0.2) is 0 Å². The number of aryl methyl sites for hydroxylation is 1. The van der Waals surface area contributed by atoms with Crippen LogP contribution in [0.3, 0.4) is 0 Å². The van der Waals surface area contributed by atoms with E-state index >= 15 is 0 Å². The number of hydrogen-bond donors (Lipinski definition) is 1. The molecule has 0 saturated heterocycles. The summed E-state index contributed by atoms with van der Waals surface area (Å²) in [6.45, 7) is 0.652. The van der Waals surface area contributed by atoms with Crippen LogP contribution in [0.2, 0.25) is 0 Å². The molecule has 3 rings (SSSR count). The molecule has 0 aliphatic heterocycles. The molecule has 138 valence electrons. The van der Waals surface area contributed by atoms with Crippen molar-refractivity contribution in [2.24, 2.45) is 0 Å². The Morgan fingerprint density at radius 2 is 1.37 bits per heavy atom. The third-order valence-electron chi connectivity index (χ3n) is 4.38. The molecule has 0 atom stereocenters. The largest absolute Gasteiger partial charge is 0.352 e. The van der Waals surface area contributed by atoms with Gasteiger partial charge in [-0.15, -0.1) is 0 Å². The average Bonchev–Trinajstić information content (AvgIpc) is 2.73. The molecular formula is C24H25NOS. The summed E-state index contributed by atoms with van der Waals surface area (Å²) in [6.07, 6.45) is 1.92. The van der Waals surface area contributed by atoms with Crippen molar-refractivity contribution in [3.05, 3.63) is 107 Å². The molecule has 3 heteroatoms. The lowest BCUT2D eigenvalue weighted by Gasteiger charge is -2.08. The molecule has 1 amide bonds. The fourth-order valence-electron chi connectivity index (χ4n) is 2.89. The van der Waals surface area contributed by atoms with Crippen LogP contribution < -0.4 is 5.32 Å². The lowest BCUT2D eigenvalue weighted by molar-refractivity contribution is 0.0954. The average molecular weight is 376 g/mol. The SMILES string of the molecule is O=C(NCCc1ccccc1)c1cccc(CSCCc2ccccc2)c1. The predicted molar refractivity (Wildman–Crippen MR) is 115 cm³/mol. The molecule has 0 unspecified atom stereocenters. The van der Waals surface area contributed by atoms with Gasteiger partial charge in [0.15, 0.2) is 0 Å². The van der Waals surface area contributed by atoms with E-state index in [1.54, 1.807) is 0 Å². The second kappa shape index (κ2) is 10.6. The van der Waals surface area contributed by atoms with Crippen molar-refractivity contribution in [3.8, 4) is 0 Å². The highest BCUT2D eigenvalue weighted by Gasteiger charge is 2.06. The quantitative estimate of drug-likeness (QED) is 0.525. The smallest absolute Gasteiger partial charge is 0.251 e. The molecule has 0 fully saturated rings. The second-order valence-electron chi connectivity index (χ2n) is 6.48. The first-order chi connectivity index (χ1) is 13.3. The standard InChI is InChI=1S/C24H25NOS/c26-24(25-16-14-20-8-3-1-4-9-20)23-13-7-12-22(18-23)19-27-17-15-21-10-5-2-6-11-21/h1-13,18H,14-17,19H2,(H,25,26). The van der Waals surface area contributed by atoms with Crippen molar-refractivity contribution in [1.29, 1.82) is 0 Å². The van der Waals surface area contributed by atoms with Gasteiger partial charge in [-0.2, -0.15) is 11.8 Å². The number of benzene rings is 3. The normalized spacial score (nSPS) is 10.5.